The van der Waals surface area contributed by atoms with Gasteiger partial charge in [0.15, 0.2) is 5.16 Å². The first-order valence-corrected chi connectivity index (χ1v) is 9.66. The minimum Gasteiger partial charge on any atom is -0.463 e. The molecule has 0 radical (unpaired) electrons. The monoisotopic (exact) mass is 387 g/mol. The number of hydrogen-bond donors (Lipinski definition) is 3. The molecule has 1 aliphatic heterocycles. The molecule has 1 atom stereocenters. The average Bonchev–Trinajstić information content (AvgIpc) is 3.04. The van der Waals surface area contributed by atoms with Crippen LogP contribution in [0.5, 0.6) is 0 Å². The van der Waals surface area contributed by atoms with Gasteiger partial charge < -0.3 is 15.4 Å². The summed E-state index contributed by atoms with van der Waals surface area (Å²) in [5, 5.41) is 6.13. The smallest absolute Gasteiger partial charge is 0.338 e. The number of carbonyl (C=O) groups is 2. The third-order valence-electron chi connectivity index (χ3n) is 4.01. The lowest BCUT2D eigenvalue weighted by Gasteiger charge is -2.28. The standard InChI is InChI=1S/C18H21N5O3S/c1-4-26-16(24)14-11(2)20-17(25)21-15(14)13-10-19-18(27-3)23(13)22-12-8-6-5-7-9-12/h5-10,15,22H,4H2,1-3H3,(H2,20,21,25). The minimum absolute atomic E-state index is 0.244. The molecule has 1 aromatic heterocycles. The summed E-state index contributed by atoms with van der Waals surface area (Å²) in [6.07, 6.45) is 3.55. The Morgan fingerprint density at radius 2 is 2.11 bits per heavy atom. The molecule has 1 unspecified atom stereocenters. The lowest BCUT2D eigenvalue weighted by Crippen LogP contribution is -2.46. The van der Waals surface area contributed by atoms with Gasteiger partial charge in [-0.05, 0) is 32.2 Å². The van der Waals surface area contributed by atoms with Crippen LogP contribution < -0.4 is 16.1 Å². The third-order valence-corrected chi connectivity index (χ3v) is 4.67. The Morgan fingerprint density at radius 1 is 1.37 bits per heavy atom. The summed E-state index contributed by atoms with van der Waals surface area (Å²) in [4.78, 5) is 29.0. The van der Waals surface area contributed by atoms with Crippen molar-refractivity contribution >= 4 is 29.4 Å². The van der Waals surface area contributed by atoms with E-state index >= 15 is 0 Å². The lowest BCUT2D eigenvalue weighted by molar-refractivity contribution is -0.139. The number of carbonyl (C=O) groups excluding carboxylic acids is 2. The van der Waals surface area contributed by atoms with Crippen molar-refractivity contribution in [3.8, 4) is 0 Å². The minimum atomic E-state index is -0.692. The average molecular weight is 387 g/mol. The first-order chi connectivity index (χ1) is 13.0. The van der Waals surface area contributed by atoms with Gasteiger partial charge in [-0.1, -0.05) is 30.0 Å². The zero-order valence-electron chi connectivity index (χ0n) is 15.3. The largest absolute Gasteiger partial charge is 0.463 e. The number of anilines is 1. The van der Waals surface area contributed by atoms with Crippen LogP contribution in [0.2, 0.25) is 0 Å². The fourth-order valence-corrected chi connectivity index (χ4v) is 3.34. The first-order valence-electron chi connectivity index (χ1n) is 8.44. The van der Waals surface area contributed by atoms with Crippen LogP contribution in [0.1, 0.15) is 25.6 Å². The van der Waals surface area contributed by atoms with E-state index in [4.69, 9.17) is 4.74 Å². The van der Waals surface area contributed by atoms with Crippen molar-refractivity contribution in [2.24, 2.45) is 0 Å². The SMILES string of the molecule is CCOC(=O)C1=C(C)NC(=O)NC1c1cnc(SC)n1Nc1ccccc1. The molecule has 0 saturated carbocycles. The number of thioether (sulfide) groups is 1. The Morgan fingerprint density at radius 3 is 2.78 bits per heavy atom. The van der Waals surface area contributed by atoms with Crippen LogP contribution in [0.15, 0.2) is 53.0 Å². The van der Waals surface area contributed by atoms with Gasteiger partial charge in [0, 0.05) is 5.70 Å². The van der Waals surface area contributed by atoms with E-state index in [1.165, 1.54) is 11.8 Å². The van der Waals surface area contributed by atoms with E-state index in [1.807, 2.05) is 36.6 Å². The molecule has 1 aromatic carbocycles. The highest BCUT2D eigenvalue weighted by atomic mass is 32.2. The number of imidazole rings is 1. The van der Waals surface area contributed by atoms with Gasteiger partial charge in [-0.15, -0.1) is 0 Å². The van der Waals surface area contributed by atoms with E-state index in [2.05, 4.69) is 21.0 Å². The molecule has 0 aliphatic carbocycles. The summed E-state index contributed by atoms with van der Waals surface area (Å²) in [5.41, 5.74) is 5.56. The van der Waals surface area contributed by atoms with Gasteiger partial charge in [0.25, 0.3) is 0 Å². The molecule has 0 spiro atoms. The number of urea groups is 1. The summed E-state index contributed by atoms with van der Waals surface area (Å²) in [6, 6.07) is 8.51. The highest BCUT2D eigenvalue weighted by Gasteiger charge is 2.35. The highest BCUT2D eigenvalue weighted by Crippen LogP contribution is 2.30. The Balaban J connectivity index is 2.05. The number of para-hydroxylation sites is 1. The summed E-state index contributed by atoms with van der Waals surface area (Å²) in [6.45, 7) is 3.66. The molecule has 3 rings (SSSR count). The van der Waals surface area contributed by atoms with E-state index < -0.39 is 12.0 Å². The number of benzene rings is 1. The van der Waals surface area contributed by atoms with Gasteiger partial charge in [-0.2, -0.15) is 0 Å². The van der Waals surface area contributed by atoms with Crippen molar-refractivity contribution in [3.05, 3.63) is 53.5 Å². The maximum absolute atomic E-state index is 12.5. The molecule has 8 nitrogen and oxygen atoms in total. The molecular weight excluding hydrogens is 366 g/mol. The van der Waals surface area contributed by atoms with Crippen LogP contribution >= 0.6 is 11.8 Å². The molecule has 2 heterocycles. The maximum Gasteiger partial charge on any atom is 0.338 e. The summed E-state index contributed by atoms with van der Waals surface area (Å²) < 4.78 is 6.95. The zero-order chi connectivity index (χ0) is 19.4. The fraction of sp³-hybridized carbons (Fsp3) is 0.278. The van der Waals surface area contributed by atoms with Crippen LogP contribution in [0.3, 0.4) is 0 Å². The second-order valence-corrected chi connectivity index (χ2v) is 6.55. The summed E-state index contributed by atoms with van der Waals surface area (Å²) >= 11 is 1.45. The molecule has 2 aromatic rings. The molecular formula is C18H21N5O3S. The predicted octanol–water partition coefficient (Wildman–Crippen LogP) is 2.67. The predicted molar refractivity (Wildman–Crippen MR) is 103 cm³/mol. The van der Waals surface area contributed by atoms with E-state index in [0.29, 0.717) is 22.1 Å². The van der Waals surface area contributed by atoms with E-state index in [1.54, 1.807) is 24.7 Å². The van der Waals surface area contributed by atoms with Crippen molar-refractivity contribution in [2.45, 2.75) is 25.0 Å². The van der Waals surface area contributed by atoms with Crippen molar-refractivity contribution in [2.75, 3.05) is 18.3 Å². The van der Waals surface area contributed by atoms with Gasteiger partial charge in [-0.25, -0.2) is 19.2 Å². The molecule has 3 N–H and O–H groups in total. The van der Waals surface area contributed by atoms with Gasteiger partial charge in [0.2, 0.25) is 0 Å². The molecule has 9 heteroatoms. The fourth-order valence-electron chi connectivity index (χ4n) is 2.84. The van der Waals surface area contributed by atoms with Gasteiger partial charge in [0.05, 0.1) is 29.8 Å². The van der Waals surface area contributed by atoms with Crippen molar-refractivity contribution < 1.29 is 14.3 Å². The molecule has 27 heavy (non-hydrogen) atoms. The number of rotatable bonds is 6. The Bertz CT molecular complexity index is 878. The zero-order valence-corrected chi connectivity index (χ0v) is 16.1. The number of amides is 2. The van der Waals surface area contributed by atoms with Gasteiger partial charge >= 0.3 is 12.0 Å². The van der Waals surface area contributed by atoms with Crippen LogP contribution in [0.25, 0.3) is 0 Å². The van der Waals surface area contributed by atoms with E-state index in [0.717, 1.165) is 5.69 Å². The van der Waals surface area contributed by atoms with Crippen LogP contribution in [0.4, 0.5) is 10.5 Å². The highest BCUT2D eigenvalue weighted by molar-refractivity contribution is 7.98. The first kappa shape index (κ1) is 18.8. The molecule has 1 aliphatic rings. The molecule has 0 saturated heterocycles. The lowest BCUT2D eigenvalue weighted by atomic mass is 10.0. The van der Waals surface area contributed by atoms with Crippen LogP contribution in [0, 0.1) is 0 Å². The van der Waals surface area contributed by atoms with Crippen molar-refractivity contribution in [1.29, 1.82) is 0 Å². The second kappa shape index (κ2) is 8.17. The molecule has 0 fully saturated rings. The van der Waals surface area contributed by atoms with Gasteiger partial charge in [-0.3, -0.25) is 5.43 Å². The molecule has 142 valence electrons. The van der Waals surface area contributed by atoms with Gasteiger partial charge in [0.1, 0.15) is 6.04 Å². The quantitative estimate of drug-likeness (QED) is 0.521. The van der Waals surface area contributed by atoms with Crippen LogP contribution in [-0.2, 0) is 9.53 Å². The number of esters is 1. The van der Waals surface area contributed by atoms with E-state index in [9.17, 15) is 9.59 Å². The number of allylic oxidation sites excluding steroid dienone is 1. The van der Waals surface area contributed by atoms with Crippen molar-refractivity contribution in [1.82, 2.24) is 20.3 Å². The normalized spacial score (nSPS) is 16.6. The summed E-state index contributed by atoms with van der Waals surface area (Å²) in [7, 11) is 0. The van der Waals surface area contributed by atoms with E-state index in [-0.39, 0.29) is 12.6 Å². The number of ether oxygens (including phenoxy) is 1. The van der Waals surface area contributed by atoms with Crippen molar-refractivity contribution in [3.63, 3.8) is 0 Å². The second-order valence-electron chi connectivity index (χ2n) is 5.77. The maximum atomic E-state index is 12.5. The Hall–Kier alpha value is -2.94. The molecule has 2 amide bonds. The topological polar surface area (TPSA) is 97.3 Å². The third kappa shape index (κ3) is 3.92. The number of aromatic nitrogens is 2. The molecule has 0 bridgehead atoms. The number of hydrogen-bond acceptors (Lipinski definition) is 6. The number of nitrogens with zero attached hydrogens (tertiary/aromatic N) is 2. The Labute approximate surface area is 161 Å². The Kier molecular flexibility index (Phi) is 5.70. The summed E-state index contributed by atoms with van der Waals surface area (Å²) in [5.74, 6) is -0.481. The number of nitrogens with one attached hydrogen (secondary N) is 3. The van der Waals surface area contributed by atoms with Crippen LogP contribution in [-0.4, -0.2) is 34.5 Å².